The van der Waals surface area contributed by atoms with E-state index in [1.807, 2.05) is 13.8 Å². The number of aromatic nitrogens is 1. The lowest BCUT2D eigenvalue weighted by molar-refractivity contribution is 0.494. The highest BCUT2D eigenvalue weighted by atomic mass is 15.2. The van der Waals surface area contributed by atoms with Gasteiger partial charge in [0.05, 0.1) is 16.9 Å². The van der Waals surface area contributed by atoms with Crippen LogP contribution in [-0.2, 0) is 0 Å². The van der Waals surface area contributed by atoms with Crippen LogP contribution >= 0.6 is 0 Å². The van der Waals surface area contributed by atoms with Crippen LogP contribution in [0.5, 0.6) is 0 Å². The highest BCUT2D eigenvalue weighted by molar-refractivity contribution is 5.62. The topological polar surface area (TPSA) is 39.9 Å². The number of nitriles is 1. The number of anilines is 1. The van der Waals surface area contributed by atoms with Crippen LogP contribution in [-0.4, -0.2) is 18.1 Å². The molecule has 3 nitrogen and oxygen atoms in total. The van der Waals surface area contributed by atoms with Gasteiger partial charge in [0.25, 0.3) is 0 Å². The molecule has 0 spiro atoms. The van der Waals surface area contributed by atoms with E-state index in [9.17, 15) is 5.26 Å². The Hall–Kier alpha value is -1.56. The van der Waals surface area contributed by atoms with Gasteiger partial charge in [0, 0.05) is 18.8 Å². The van der Waals surface area contributed by atoms with Gasteiger partial charge in [-0.15, -0.1) is 0 Å². The van der Waals surface area contributed by atoms with Gasteiger partial charge in [-0.05, 0) is 44.6 Å². The van der Waals surface area contributed by atoms with Crippen molar-refractivity contribution in [2.24, 2.45) is 11.8 Å². The smallest absolute Gasteiger partial charge is 0.103 e. The molecular weight excluding hydrogens is 222 g/mol. The van der Waals surface area contributed by atoms with E-state index < -0.39 is 0 Å². The van der Waals surface area contributed by atoms with Gasteiger partial charge in [-0.25, -0.2) is 0 Å². The van der Waals surface area contributed by atoms with E-state index in [2.05, 4.69) is 22.0 Å². The minimum absolute atomic E-state index is 0.764. The number of hydrogen-bond acceptors (Lipinski definition) is 3. The van der Waals surface area contributed by atoms with Crippen LogP contribution < -0.4 is 4.90 Å². The van der Waals surface area contributed by atoms with Gasteiger partial charge in [-0.1, -0.05) is 6.42 Å². The van der Waals surface area contributed by atoms with E-state index in [1.54, 1.807) is 0 Å². The van der Waals surface area contributed by atoms with Gasteiger partial charge in [-0.3, -0.25) is 4.98 Å². The van der Waals surface area contributed by atoms with Crippen LogP contribution in [0.2, 0.25) is 0 Å². The molecule has 1 aliphatic heterocycles. The minimum Gasteiger partial charge on any atom is -0.370 e. The molecule has 1 saturated carbocycles. The first-order valence-corrected chi connectivity index (χ1v) is 6.82. The summed E-state index contributed by atoms with van der Waals surface area (Å²) < 4.78 is 0. The van der Waals surface area contributed by atoms with Gasteiger partial charge >= 0.3 is 0 Å². The molecule has 1 saturated heterocycles. The minimum atomic E-state index is 0.764. The summed E-state index contributed by atoms with van der Waals surface area (Å²) in [4.78, 5) is 6.81. The number of aryl methyl sites for hydroxylation is 2. The van der Waals surface area contributed by atoms with Crippen LogP contribution in [0.1, 0.15) is 36.2 Å². The van der Waals surface area contributed by atoms with E-state index in [0.29, 0.717) is 0 Å². The second-order valence-corrected chi connectivity index (χ2v) is 5.71. The third-order valence-corrected chi connectivity index (χ3v) is 4.49. The number of fused-ring (bicyclic) bond motifs is 1. The van der Waals surface area contributed by atoms with Crippen molar-refractivity contribution in [2.75, 3.05) is 18.0 Å². The Bertz CT molecular complexity index is 503. The van der Waals surface area contributed by atoms with Gasteiger partial charge in [-0.2, -0.15) is 5.26 Å². The molecule has 0 amide bonds. The molecule has 2 heterocycles. The molecule has 0 radical (unpaired) electrons. The summed E-state index contributed by atoms with van der Waals surface area (Å²) in [7, 11) is 0. The fourth-order valence-corrected chi connectivity index (χ4v) is 3.63. The number of hydrogen-bond donors (Lipinski definition) is 0. The van der Waals surface area contributed by atoms with Crippen LogP contribution in [0.4, 0.5) is 5.69 Å². The molecule has 0 bridgehead atoms. The van der Waals surface area contributed by atoms with Crippen LogP contribution in [0.25, 0.3) is 0 Å². The van der Waals surface area contributed by atoms with Crippen molar-refractivity contribution in [1.29, 1.82) is 5.26 Å². The molecule has 0 aromatic carbocycles. The van der Waals surface area contributed by atoms with E-state index in [-0.39, 0.29) is 0 Å². The SMILES string of the molecule is Cc1cc(N2CC3CCCC3C2)c(C#N)c(C)n1. The molecular formula is C15H19N3. The number of pyridine rings is 1. The van der Waals surface area contributed by atoms with E-state index >= 15 is 0 Å². The van der Waals surface area contributed by atoms with Crippen LogP contribution in [0.3, 0.4) is 0 Å². The fraction of sp³-hybridized carbons (Fsp3) is 0.600. The molecule has 18 heavy (non-hydrogen) atoms. The summed E-state index contributed by atoms with van der Waals surface area (Å²) in [5.41, 5.74) is 3.75. The normalized spacial score (nSPS) is 26.2. The predicted molar refractivity (Wildman–Crippen MR) is 71.5 cm³/mol. The van der Waals surface area contributed by atoms with Crippen LogP contribution in [0.15, 0.2) is 6.07 Å². The van der Waals surface area contributed by atoms with Crippen molar-refractivity contribution < 1.29 is 0 Å². The summed E-state index contributed by atoms with van der Waals surface area (Å²) >= 11 is 0. The maximum Gasteiger partial charge on any atom is 0.103 e. The van der Waals surface area contributed by atoms with Crippen molar-refractivity contribution in [1.82, 2.24) is 4.98 Å². The Balaban J connectivity index is 1.95. The quantitative estimate of drug-likeness (QED) is 0.759. The summed E-state index contributed by atoms with van der Waals surface area (Å²) in [6.45, 7) is 6.20. The highest BCUT2D eigenvalue weighted by Crippen LogP contribution is 2.40. The molecule has 1 aromatic rings. The van der Waals surface area contributed by atoms with Crippen molar-refractivity contribution >= 4 is 5.69 Å². The fourth-order valence-electron chi connectivity index (χ4n) is 3.63. The largest absolute Gasteiger partial charge is 0.370 e. The molecule has 2 aliphatic rings. The average molecular weight is 241 g/mol. The Kier molecular flexibility index (Phi) is 2.74. The Morgan fingerprint density at radius 2 is 1.94 bits per heavy atom. The molecule has 3 rings (SSSR count). The van der Waals surface area contributed by atoms with E-state index in [4.69, 9.17) is 0 Å². The second-order valence-electron chi connectivity index (χ2n) is 5.71. The number of rotatable bonds is 1. The van der Waals surface area contributed by atoms with Gasteiger partial charge in [0.2, 0.25) is 0 Å². The number of nitrogens with zero attached hydrogens (tertiary/aromatic N) is 3. The third-order valence-electron chi connectivity index (χ3n) is 4.49. The lowest BCUT2D eigenvalue weighted by Crippen LogP contribution is -2.22. The zero-order valence-electron chi connectivity index (χ0n) is 11.1. The molecule has 2 fully saturated rings. The first-order valence-electron chi connectivity index (χ1n) is 6.82. The molecule has 1 aromatic heterocycles. The maximum absolute atomic E-state index is 9.34. The van der Waals surface area contributed by atoms with Crippen molar-refractivity contribution in [3.8, 4) is 6.07 Å². The maximum atomic E-state index is 9.34. The molecule has 94 valence electrons. The highest BCUT2D eigenvalue weighted by Gasteiger charge is 2.36. The average Bonchev–Trinajstić information content (AvgIpc) is 2.87. The molecule has 0 N–H and O–H groups in total. The van der Waals surface area contributed by atoms with Gasteiger partial charge < -0.3 is 4.90 Å². The lowest BCUT2D eigenvalue weighted by atomic mass is 10.0. The van der Waals surface area contributed by atoms with E-state index in [0.717, 1.165) is 47.6 Å². The Labute approximate surface area is 108 Å². The third kappa shape index (κ3) is 1.77. The molecule has 1 aliphatic carbocycles. The van der Waals surface area contributed by atoms with E-state index in [1.165, 1.54) is 19.3 Å². The summed E-state index contributed by atoms with van der Waals surface area (Å²) in [5.74, 6) is 1.70. The summed E-state index contributed by atoms with van der Waals surface area (Å²) in [6, 6.07) is 4.41. The van der Waals surface area contributed by atoms with Crippen molar-refractivity contribution in [3.63, 3.8) is 0 Å². The molecule has 2 unspecified atom stereocenters. The zero-order valence-corrected chi connectivity index (χ0v) is 11.1. The second kappa shape index (κ2) is 4.28. The lowest BCUT2D eigenvalue weighted by Gasteiger charge is -2.22. The predicted octanol–water partition coefficient (Wildman–Crippen LogP) is 2.81. The Morgan fingerprint density at radius 3 is 2.56 bits per heavy atom. The Morgan fingerprint density at radius 1 is 1.28 bits per heavy atom. The molecule has 2 atom stereocenters. The summed E-state index contributed by atoms with van der Waals surface area (Å²) in [6.07, 6.45) is 4.13. The van der Waals surface area contributed by atoms with Gasteiger partial charge in [0.15, 0.2) is 0 Å². The van der Waals surface area contributed by atoms with Crippen molar-refractivity contribution in [3.05, 3.63) is 23.0 Å². The van der Waals surface area contributed by atoms with Crippen molar-refractivity contribution in [2.45, 2.75) is 33.1 Å². The van der Waals surface area contributed by atoms with Crippen LogP contribution in [0, 0.1) is 37.0 Å². The first-order chi connectivity index (χ1) is 8.69. The monoisotopic (exact) mass is 241 g/mol. The summed E-state index contributed by atoms with van der Waals surface area (Å²) in [5, 5.41) is 9.34. The zero-order chi connectivity index (χ0) is 12.7. The standard InChI is InChI=1S/C15H19N3/c1-10-6-15(14(7-16)11(2)17-10)18-8-12-4-3-5-13(12)9-18/h6,12-13H,3-5,8-9H2,1-2H3. The first kappa shape index (κ1) is 11.5. The van der Waals surface area contributed by atoms with Gasteiger partial charge in [0.1, 0.15) is 6.07 Å². The molecule has 3 heteroatoms.